The van der Waals surface area contributed by atoms with E-state index in [4.69, 9.17) is 16.3 Å². The fourth-order valence-electron chi connectivity index (χ4n) is 1.96. The van der Waals surface area contributed by atoms with E-state index in [1.807, 2.05) is 0 Å². The van der Waals surface area contributed by atoms with Crippen LogP contribution in [0.2, 0.25) is 0 Å². The second kappa shape index (κ2) is 6.61. The zero-order valence-electron chi connectivity index (χ0n) is 10.1. The molecule has 1 rings (SSSR count). The Hall–Kier alpha value is -0.490. The first-order valence-corrected chi connectivity index (χ1v) is 6.34. The molecule has 0 aromatic rings. The summed E-state index contributed by atoms with van der Waals surface area (Å²) < 4.78 is 40.8. The van der Waals surface area contributed by atoms with Crippen LogP contribution in [0.3, 0.4) is 0 Å². The van der Waals surface area contributed by atoms with Gasteiger partial charge in [0, 0.05) is 6.04 Å². The van der Waals surface area contributed by atoms with Crippen LogP contribution in [0.15, 0.2) is 0 Å². The summed E-state index contributed by atoms with van der Waals surface area (Å²) in [5, 5.41) is 2.08. The van der Waals surface area contributed by atoms with Crippen LogP contribution in [0.1, 0.15) is 32.6 Å². The van der Waals surface area contributed by atoms with Gasteiger partial charge >= 0.3 is 6.18 Å². The highest BCUT2D eigenvalue weighted by molar-refractivity contribution is 6.30. The largest absolute Gasteiger partial charge is 0.411 e. The van der Waals surface area contributed by atoms with Crippen molar-refractivity contribution in [3.63, 3.8) is 0 Å². The minimum Gasteiger partial charge on any atom is -0.369 e. The predicted octanol–water partition coefficient (Wildman–Crippen LogP) is 2.62. The van der Waals surface area contributed by atoms with Gasteiger partial charge in [0.05, 0.1) is 6.10 Å². The maximum Gasteiger partial charge on any atom is 0.411 e. The molecule has 0 saturated heterocycles. The topological polar surface area (TPSA) is 38.3 Å². The minimum atomic E-state index is -4.30. The standard InChI is InChI=1S/C11H17ClF3NO2/c1-7(12)10(17)16-8-3-2-4-9(5-8)18-6-11(13,14)15/h7-9H,2-6H2,1H3,(H,16,17). The van der Waals surface area contributed by atoms with E-state index in [2.05, 4.69) is 5.32 Å². The number of hydrogen-bond donors (Lipinski definition) is 1. The molecule has 1 aliphatic carbocycles. The summed E-state index contributed by atoms with van der Waals surface area (Å²) in [6.07, 6.45) is -2.26. The Morgan fingerprint density at radius 2 is 2.17 bits per heavy atom. The third kappa shape index (κ3) is 5.91. The molecule has 1 saturated carbocycles. The number of alkyl halides is 4. The molecular formula is C11H17ClF3NO2. The molecule has 0 aromatic heterocycles. The van der Waals surface area contributed by atoms with Crippen molar-refractivity contribution >= 4 is 17.5 Å². The number of hydrogen-bond acceptors (Lipinski definition) is 2. The number of nitrogens with one attached hydrogen (secondary N) is 1. The van der Waals surface area contributed by atoms with E-state index in [-0.39, 0.29) is 11.9 Å². The van der Waals surface area contributed by atoms with Crippen molar-refractivity contribution in [1.82, 2.24) is 5.32 Å². The van der Waals surface area contributed by atoms with Crippen LogP contribution in [0.4, 0.5) is 13.2 Å². The zero-order valence-corrected chi connectivity index (χ0v) is 10.9. The van der Waals surface area contributed by atoms with Gasteiger partial charge in [-0.15, -0.1) is 11.6 Å². The molecule has 1 amide bonds. The first-order valence-electron chi connectivity index (χ1n) is 5.90. The van der Waals surface area contributed by atoms with Crippen LogP contribution in [0.25, 0.3) is 0 Å². The first kappa shape index (κ1) is 15.6. The molecule has 0 radical (unpaired) electrons. The van der Waals surface area contributed by atoms with Crippen LogP contribution in [0, 0.1) is 0 Å². The Morgan fingerprint density at radius 3 is 2.72 bits per heavy atom. The van der Waals surface area contributed by atoms with Gasteiger partial charge in [-0.05, 0) is 32.6 Å². The van der Waals surface area contributed by atoms with Gasteiger partial charge in [0.2, 0.25) is 5.91 Å². The maximum absolute atomic E-state index is 12.0. The maximum atomic E-state index is 12.0. The fraction of sp³-hybridized carbons (Fsp3) is 0.909. The van der Waals surface area contributed by atoms with Gasteiger partial charge < -0.3 is 10.1 Å². The van der Waals surface area contributed by atoms with Gasteiger partial charge in [0.15, 0.2) is 0 Å². The van der Waals surface area contributed by atoms with Crippen LogP contribution in [-0.2, 0) is 9.53 Å². The lowest BCUT2D eigenvalue weighted by atomic mass is 9.92. The lowest BCUT2D eigenvalue weighted by molar-refractivity contribution is -0.188. The molecule has 0 aromatic carbocycles. The molecule has 106 valence electrons. The summed E-state index contributed by atoms with van der Waals surface area (Å²) in [4.78, 5) is 11.4. The van der Waals surface area contributed by atoms with E-state index in [0.29, 0.717) is 12.8 Å². The molecule has 3 nitrogen and oxygen atoms in total. The summed E-state index contributed by atoms with van der Waals surface area (Å²) in [7, 11) is 0. The summed E-state index contributed by atoms with van der Waals surface area (Å²) in [5.41, 5.74) is 0. The Bertz CT molecular complexity index is 284. The Balaban J connectivity index is 2.34. The molecule has 0 spiro atoms. The van der Waals surface area contributed by atoms with E-state index < -0.39 is 24.3 Å². The molecular weight excluding hydrogens is 271 g/mol. The highest BCUT2D eigenvalue weighted by Gasteiger charge is 2.31. The number of rotatable bonds is 4. The second-order valence-electron chi connectivity index (χ2n) is 4.54. The molecule has 0 heterocycles. The van der Waals surface area contributed by atoms with Crippen LogP contribution >= 0.6 is 11.6 Å². The normalized spacial score (nSPS) is 26.7. The van der Waals surface area contributed by atoms with Crippen molar-refractivity contribution in [3.05, 3.63) is 0 Å². The summed E-state index contributed by atoms with van der Waals surface area (Å²) in [6.45, 7) is 0.321. The van der Waals surface area contributed by atoms with Crippen LogP contribution in [-0.4, -0.2) is 36.2 Å². The number of amides is 1. The molecule has 0 aliphatic heterocycles. The third-order valence-electron chi connectivity index (χ3n) is 2.82. The van der Waals surface area contributed by atoms with Gasteiger partial charge in [-0.1, -0.05) is 0 Å². The van der Waals surface area contributed by atoms with E-state index in [9.17, 15) is 18.0 Å². The fourth-order valence-corrected chi connectivity index (χ4v) is 2.02. The van der Waals surface area contributed by atoms with Gasteiger partial charge in [-0.3, -0.25) is 4.79 Å². The molecule has 0 bridgehead atoms. The minimum absolute atomic E-state index is 0.148. The van der Waals surface area contributed by atoms with Crippen molar-refractivity contribution in [2.75, 3.05) is 6.61 Å². The van der Waals surface area contributed by atoms with Gasteiger partial charge in [0.25, 0.3) is 0 Å². The first-order chi connectivity index (χ1) is 8.28. The molecule has 3 unspecified atom stereocenters. The zero-order chi connectivity index (χ0) is 13.8. The third-order valence-corrected chi connectivity index (χ3v) is 3.01. The number of ether oxygens (including phenoxy) is 1. The summed E-state index contributed by atoms with van der Waals surface area (Å²) in [5.74, 6) is -0.293. The molecule has 1 aliphatic rings. The van der Waals surface area contributed by atoms with Crippen molar-refractivity contribution in [3.8, 4) is 0 Å². The molecule has 1 N–H and O–H groups in total. The molecule has 1 fully saturated rings. The van der Waals surface area contributed by atoms with Gasteiger partial charge in [-0.25, -0.2) is 0 Å². The quantitative estimate of drug-likeness (QED) is 0.807. The van der Waals surface area contributed by atoms with E-state index in [0.717, 1.165) is 12.8 Å². The van der Waals surface area contributed by atoms with E-state index >= 15 is 0 Å². The molecule has 7 heteroatoms. The second-order valence-corrected chi connectivity index (χ2v) is 5.19. The molecule has 18 heavy (non-hydrogen) atoms. The number of halogens is 4. The summed E-state index contributed by atoms with van der Waals surface area (Å²) >= 11 is 5.61. The Kier molecular flexibility index (Phi) is 5.72. The van der Waals surface area contributed by atoms with Gasteiger partial charge in [-0.2, -0.15) is 13.2 Å². The van der Waals surface area contributed by atoms with Crippen molar-refractivity contribution in [2.45, 2.75) is 56.3 Å². The lowest BCUT2D eigenvalue weighted by Gasteiger charge is -2.30. The average Bonchev–Trinajstić information content (AvgIpc) is 2.26. The predicted molar refractivity (Wildman–Crippen MR) is 61.5 cm³/mol. The Labute approximate surface area is 109 Å². The lowest BCUT2D eigenvalue weighted by Crippen LogP contribution is -2.43. The highest BCUT2D eigenvalue weighted by atomic mass is 35.5. The highest BCUT2D eigenvalue weighted by Crippen LogP contribution is 2.24. The number of carbonyl (C=O) groups is 1. The van der Waals surface area contributed by atoms with Crippen molar-refractivity contribution < 1.29 is 22.7 Å². The van der Waals surface area contributed by atoms with Crippen LogP contribution in [0.5, 0.6) is 0 Å². The van der Waals surface area contributed by atoms with E-state index in [1.165, 1.54) is 0 Å². The number of carbonyl (C=O) groups excluding carboxylic acids is 1. The van der Waals surface area contributed by atoms with Crippen molar-refractivity contribution in [2.24, 2.45) is 0 Å². The van der Waals surface area contributed by atoms with Crippen molar-refractivity contribution in [1.29, 1.82) is 0 Å². The SMILES string of the molecule is CC(Cl)C(=O)NC1CCCC(OCC(F)(F)F)C1. The smallest absolute Gasteiger partial charge is 0.369 e. The van der Waals surface area contributed by atoms with Crippen LogP contribution < -0.4 is 5.32 Å². The monoisotopic (exact) mass is 287 g/mol. The summed E-state index contributed by atoms with van der Waals surface area (Å²) in [6, 6.07) is -0.148. The molecule has 3 atom stereocenters. The Morgan fingerprint density at radius 1 is 1.50 bits per heavy atom. The average molecular weight is 288 g/mol. The van der Waals surface area contributed by atoms with E-state index in [1.54, 1.807) is 6.92 Å². The van der Waals surface area contributed by atoms with Gasteiger partial charge in [0.1, 0.15) is 12.0 Å².